The van der Waals surface area contributed by atoms with E-state index in [4.69, 9.17) is 10.8 Å². The topological polar surface area (TPSA) is 93.2 Å². The van der Waals surface area contributed by atoms with E-state index in [2.05, 4.69) is 10.4 Å². The summed E-state index contributed by atoms with van der Waals surface area (Å²) in [7, 11) is 0. The molecule has 0 aliphatic rings. The van der Waals surface area contributed by atoms with E-state index in [1.54, 1.807) is 6.20 Å². The van der Waals surface area contributed by atoms with Crippen LogP contribution < -0.4 is 11.1 Å². The predicted octanol–water partition coefficient (Wildman–Crippen LogP) is -0.648. The van der Waals surface area contributed by atoms with Crippen molar-refractivity contribution in [2.24, 2.45) is 0 Å². The van der Waals surface area contributed by atoms with Gasteiger partial charge in [-0.2, -0.15) is 5.10 Å². The summed E-state index contributed by atoms with van der Waals surface area (Å²) in [6.45, 7) is 1.96. The molecule has 0 aromatic carbocycles. The van der Waals surface area contributed by atoms with Crippen molar-refractivity contribution in [1.82, 2.24) is 15.1 Å². The fraction of sp³-hybridized carbons (Fsp3) is 0.556. The van der Waals surface area contributed by atoms with Gasteiger partial charge in [0.05, 0.1) is 24.5 Å². The van der Waals surface area contributed by atoms with E-state index < -0.39 is 0 Å². The van der Waals surface area contributed by atoms with Crippen molar-refractivity contribution in [2.75, 3.05) is 12.3 Å². The van der Waals surface area contributed by atoms with Gasteiger partial charge in [0.2, 0.25) is 5.91 Å². The molecule has 0 fully saturated rings. The Labute approximate surface area is 88.1 Å². The molecule has 0 bridgehead atoms. The Morgan fingerprint density at radius 1 is 1.80 bits per heavy atom. The molecular formula is C9H16N4O2. The van der Waals surface area contributed by atoms with Gasteiger partial charge in [0, 0.05) is 6.20 Å². The van der Waals surface area contributed by atoms with Crippen LogP contribution in [0.3, 0.4) is 0 Å². The van der Waals surface area contributed by atoms with Crippen LogP contribution >= 0.6 is 0 Å². The lowest BCUT2D eigenvalue weighted by Crippen LogP contribution is -2.38. The van der Waals surface area contributed by atoms with Gasteiger partial charge < -0.3 is 16.2 Å². The molecule has 6 nitrogen and oxygen atoms in total. The van der Waals surface area contributed by atoms with Gasteiger partial charge in [-0.3, -0.25) is 9.48 Å². The molecule has 4 N–H and O–H groups in total. The second-order valence-electron chi connectivity index (χ2n) is 3.33. The minimum Gasteiger partial charge on any atom is -0.396 e. The number of aliphatic hydroxyl groups excluding tert-OH is 1. The van der Waals surface area contributed by atoms with Crippen LogP contribution in [-0.2, 0) is 11.3 Å². The molecule has 15 heavy (non-hydrogen) atoms. The van der Waals surface area contributed by atoms with Gasteiger partial charge in [-0.15, -0.1) is 0 Å². The van der Waals surface area contributed by atoms with Crippen molar-refractivity contribution in [3.05, 3.63) is 12.4 Å². The number of aliphatic hydroxyl groups is 1. The molecule has 0 radical (unpaired) electrons. The van der Waals surface area contributed by atoms with E-state index >= 15 is 0 Å². The van der Waals surface area contributed by atoms with E-state index in [0.29, 0.717) is 12.1 Å². The second kappa shape index (κ2) is 5.35. The number of rotatable bonds is 5. The summed E-state index contributed by atoms with van der Waals surface area (Å²) in [4.78, 5) is 11.4. The van der Waals surface area contributed by atoms with Crippen molar-refractivity contribution < 1.29 is 9.90 Å². The average molecular weight is 212 g/mol. The monoisotopic (exact) mass is 212 g/mol. The van der Waals surface area contributed by atoms with E-state index in [1.807, 2.05) is 6.92 Å². The molecule has 1 amide bonds. The number of carbonyl (C=O) groups is 1. The Bertz CT molecular complexity index is 320. The summed E-state index contributed by atoms with van der Waals surface area (Å²) in [5.41, 5.74) is 5.98. The van der Waals surface area contributed by atoms with Gasteiger partial charge in [0.15, 0.2) is 0 Å². The van der Waals surface area contributed by atoms with Crippen LogP contribution in [0.1, 0.15) is 13.3 Å². The van der Waals surface area contributed by atoms with E-state index in [0.717, 1.165) is 0 Å². The normalized spacial score (nSPS) is 12.4. The van der Waals surface area contributed by atoms with Crippen molar-refractivity contribution in [3.63, 3.8) is 0 Å². The highest BCUT2D eigenvalue weighted by molar-refractivity contribution is 5.76. The third-order valence-corrected chi connectivity index (χ3v) is 2.04. The van der Waals surface area contributed by atoms with Crippen LogP contribution in [-0.4, -0.2) is 33.4 Å². The molecule has 84 valence electrons. The van der Waals surface area contributed by atoms with Crippen molar-refractivity contribution >= 4 is 11.6 Å². The summed E-state index contributed by atoms with van der Waals surface area (Å²) in [5.74, 6) is -0.181. The van der Waals surface area contributed by atoms with Gasteiger partial charge in [0.1, 0.15) is 6.54 Å². The molecule has 0 spiro atoms. The third kappa shape index (κ3) is 3.59. The van der Waals surface area contributed by atoms with Crippen LogP contribution in [0.2, 0.25) is 0 Å². The van der Waals surface area contributed by atoms with Gasteiger partial charge in [-0.05, 0) is 6.42 Å². The molecule has 1 atom stereocenters. The first-order valence-corrected chi connectivity index (χ1v) is 4.83. The average Bonchev–Trinajstić information content (AvgIpc) is 2.60. The number of aromatic nitrogens is 2. The third-order valence-electron chi connectivity index (χ3n) is 2.04. The Balaban J connectivity index is 2.42. The molecular weight excluding hydrogens is 196 g/mol. The summed E-state index contributed by atoms with van der Waals surface area (Å²) < 4.78 is 1.45. The number of carbonyl (C=O) groups excluding carboxylic acids is 1. The number of nitrogens with two attached hydrogens (primary N) is 1. The van der Waals surface area contributed by atoms with Crippen LogP contribution in [0.4, 0.5) is 5.69 Å². The maximum absolute atomic E-state index is 11.4. The van der Waals surface area contributed by atoms with E-state index in [1.165, 1.54) is 10.9 Å². The molecule has 0 unspecified atom stereocenters. The lowest BCUT2D eigenvalue weighted by atomic mass is 10.2. The molecule has 1 aromatic rings. The number of hydrogen-bond acceptors (Lipinski definition) is 4. The fourth-order valence-electron chi connectivity index (χ4n) is 1.16. The van der Waals surface area contributed by atoms with Crippen LogP contribution in [0, 0.1) is 0 Å². The van der Waals surface area contributed by atoms with Crippen molar-refractivity contribution in [2.45, 2.75) is 25.9 Å². The van der Waals surface area contributed by atoms with Gasteiger partial charge >= 0.3 is 0 Å². The Kier molecular flexibility index (Phi) is 4.11. The molecule has 6 heteroatoms. The SMILES string of the molecule is CC[C@@H](CO)NC(=O)Cn1cc(N)cn1. The second-order valence-corrected chi connectivity index (χ2v) is 3.33. The van der Waals surface area contributed by atoms with Gasteiger partial charge in [-0.1, -0.05) is 6.92 Å². The minimum atomic E-state index is -0.189. The number of anilines is 1. The van der Waals surface area contributed by atoms with Crippen LogP contribution in [0.25, 0.3) is 0 Å². The Morgan fingerprint density at radius 3 is 3.00 bits per heavy atom. The fourth-order valence-corrected chi connectivity index (χ4v) is 1.16. The zero-order valence-corrected chi connectivity index (χ0v) is 8.68. The standard InChI is InChI=1S/C9H16N4O2/c1-2-8(6-14)12-9(15)5-13-4-7(10)3-11-13/h3-4,8,14H,2,5-6,10H2,1H3,(H,12,15)/t8-/m0/s1. The first kappa shape index (κ1) is 11.5. The number of nitrogen functional groups attached to an aromatic ring is 1. The summed E-state index contributed by atoms with van der Waals surface area (Å²) in [6.07, 6.45) is 3.76. The zero-order chi connectivity index (χ0) is 11.3. The molecule has 0 aliphatic heterocycles. The minimum absolute atomic E-state index is 0.0521. The zero-order valence-electron chi connectivity index (χ0n) is 8.68. The smallest absolute Gasteiger partial charge is 0.242 e. The number of hydrogen-bond donors (Lipinski definition) is 3. The number of amides is 1. The highest BCUT2D eigenvalue weighted by Crippen LogP contribution is 1.97. The molecule has 0 saturated carbocycles. The van der Waals surface area contributed by atoms with Crippen LogP contribution in [0.15, 0.2) is 12.4 Å². The molecule has 1 heterocycles. The maximum Gasteiger partial charge on any atom is 0.242 e. The largest absolute Gasteiger partial charge is 0.396 e. The predicted molar refractivity (Wildman–Crippen MR) is 55.9 cm³/mol. The number of nitrogens with one attached hydrogen (secondary N) is 1. The van der Waals surface area contributed by atoms with Crippen molar-refractivity contribution in [3.8, 4) is 0 Å². The molecule has 1 rings (SSSR count). The van der Waals surface area contributed by atoms with E-state index in [9.17, 15) is 4.79 Å². The Hall–Kier alpha value is -1.56. The highest BCUT2D eigenvalue weighted by atomic mass is 16.3. The lowest BCUT2D eigenvalue weighted by Gasteiger charge is -2.13. The highest BCUT2D eigenvalue weighted by Gasteiger charge is 2.09. The van der Waals surface area contributed by atoms with E-state index in [-0.39, 0.29) is 25.1 Å². The summed E-state index contributed by atoms with van der Waals surface area (Å²) in [6, 6.07) is -0.189. The molecule has 0 aliphatic carbocycles. The Morgan fingerprint density at radius 2 is 2.53 bits per heavy atom. The summed E-state index contributed by atoms with van der Waals surface area (Å²) in [5, 5.41) is 15.5. The van der Waals surface area contributed by atoms with Crippen molar-refractivity contribution in [1.29, 1.82) is 0 Å². The van der Waals surface area contributed by atoms with Gasteiger partial charge in [0.25, 0.3) is 0 Å². The maximum atomic E-state index is 11.4. The van der Waals surface area contributed by atoms with Gasteiger partial charge in [-0.25, -0.2) is 0 Å². The first-order valence-electron chi connectivity index (χ1n) is 4.83. The first-order chi connectivity index (χ1) is 7.15. The van der Waals surface area contributed by atoms with Crippen LogP contribution in [0.5, 0.6) is 0 Å². The molecule has 0 saturated heterocycles. The quantitative estimate of drug-likeness (QED) is 0.604. The summed E-state index contributed by atoms with van der Waals surface area (Å²) >= 11 is 0. The lowest BCUT2D eigenvalue weighted by molar-refractivity contribution is -0.122. The number of nitrogens with zero attached hydrogens (tertiary/aromatic N) is 2. The molecule has 1 aromatic heterocycles.